The highest BCUT2D eigenvalue weighted by molar-refractivity contribution is 5.98. The predicted molar refractivity (Wildman–Crippen MR) is 138 cm³/mol. The number of methoxy groups -OCH3 is 1. The van der Waals surface area contributed by atoms with E-state index in [1.807, 2.05) is 0 Å². The van der Waals surface area contributed by atoms with Crippen LogP contribution in [0.2, 0.25) is 0 Å². The van der Waals surface area contributed by atoms with Crippen LogP contribution in [0.15, 0.2) is 48.7 Å². The van der Waals surface area contributed by atoms with Crippen LogP contribution in [-0.2, 0) is 30.3 Å². The van der Waals surface area contributed by atoms with Crippen LogP contribution in [0.5, 0.6) is 0 Å². The quantitative estimate of drug-likeness (QED) is 0.183. The van der Waals surface area contributed by atoms with Gasteiger partial charge >= 0.3 is 5.97 Å². The van der Waals surface area contributed by atoms with Crippen molar-refractivity contribution in [1.29, 1.82) is 0 Å². The molecule has 0 saturated heterocycles. The van der Waals surface area contributed by atoms with Crippen molar-refractivity contribution in [2.75, 3.05) is 13.7 Å². The molecule has 1 aromatic heterocycles. The molecule has 206 valence electrons. The molecule has 6 N–H and O–H groups in total. The topological polar surface area (TPSA) is 179 Å². The van der Waals surface area contributed by atoms with Crippen molar-refractivity contribution in [1.82, 2.24) is 26.3 Å². The Labute approximate surface area is 220 Å². The molecule has 0 fully saturated rings. The van der Waals surface area contributed by atoms with Gasteiger partial charge in [0.2, 0.25) is 17.7 Å². The maximum atomic E-state index is 13.1. The Bertz CT molecular complexity index is 1070. The van der Waals surface area contributed by atoms with Crippen molar-refractivity contribution in [3.8, 4) is 0 Å². The molecule has 0 aliphatic rings. The molecule has 0 radical (unpaired) electrons. The minimum absolute atomic E-state index is 0.0892. The third-order valence-corrected chi connectivity index (χ3v) is 5.81. The van der Waals surface area contributed by atoms with E-state index < -0.39 is 60.4 Å². The lowest BCUT2D eigenvalue weighted by Crippen LogP contribution is -2.59. The van der Waals surface area contributed by atoms with Crippen LogP contribution in [0.3, 0.4) is 0 Å². The maximum absolute atomic E-state index is 13.1. The molecular formula is C26H35N5O7. The molecular weight excluding hydrogens is 494 g/mol. The average molecular weight is 530 g/mol. The van der Waals surface area contributed by atoms with E-state index in [9.17, 15) is 29.1 Å². The first-order valence-corrected chi connectivity index (χ1v) is 12.3. The third kappa shape index (κ3) is 8.73. The minimum atomic E-state index is -1.40. The number of hydrogen-bond acceptors (Lipinski definition) is 7. The van der Waals surface area contributed by atoms with Gasteiger partial charge in [-0.15, -0.1) is 0 Å². The highest BCUT2D eigenvalue weighted by Crippen LogP contribution is 2.06. The molecule has 0 bridgehead atoms. The fourth-order valence-electron chi connectivity index (χ4n) is 3.60. The van der Waals surface area contributed by atoms with Gasteiger partial charge in [-0.3, -0.25) is 19.2 Å². The molecule has 12 heteroatoms. The first-order valence-electron chi connectivity index (χ1n) is 12.3. The zero-order valence-electron chi connectivity index (χ0n) is 21.7. The molecule has 2 aromatic rings. The van der Waals surface area contributed by atoms with Crippen LogP contribution in [0.25, 0.3) is 0 Å². The van der Waals surface area contributed by atoms with Crippen LogP contribution in [0.4, 0.5) is 0 Å². The fraction of sp³-hybridized carbons (Fsp3) is 0.423. The van der Waals surface area contributed by atoms with E-state index in [2.05, 4.69) is 26.3 Å². The molecule has 4 atom stereocenters. The molecule has 1 heterocycles. The van der Waals surface area contributed by atoms with Gasteiger partial charge in [-0.1, -0.05) is 44.2 Å². The van der Waals surface area contributed by atoms with E-state index in [1.54, 1.807) is 62.5 Å². The number of benzene rings is 1. The van der Waals surface area contributed by atoms with E-state index in [1.165, 1.54) is 7.11 Å². The van der Waals surface area contributed by atoms with E-state index >= 15 is 0 Å². The lowest BCUT2D eigenvalue weighted by atomic mass is 10.0. The summed E-state index contributed by atoms with van der Waals surface area (Å²) in [6, 6.07) is 7.68. The number of carbonyl (C=O) groups excluding carboxylic acids is 5. The molecule has 4 amide bonds. The number of esters is 1. The van der Waals surface area contributed by atoms with E-state index in [4.69, 9.17) is 4.74 Å². The van der Waals surface area contributed by atoms with Crippen molar-refractivity contribution < 1.29 is 33.8 Å². The first kappa shape index (κ1) is 30.0. The Kier molecular flexibility index (Phi) is 12.0. The normalized spacial score (nSPS) is 13.8. The highest BCUT2D eigenvalue weighted by Gasteiger charge is 2.31. The molecule has 0 aliphatic carbocycles. The number of nitrogens with one attached hydrogen (secondary N) is 5. The molecule has 38 heavy (non-hydrogen) atoms. The van der Waals surface area contributed by atoms with Gasteiger partial charge in [-0.25, -0.2) is 4.79 Å². The minimum Gasteiger partial charge on any atom is -0.467 e. The smallest absolute Gasteiger partial charge is 0.328 e. The molecule has 0 aliphatic heterocycles. The van der Waals surface area contributed by atoms with Gasteiger partial charge in [0, 0.05) is 12.6 Å². The molecule has 2 rings (SSSR count). The number of carbonyl (C=O) groups is 5. The largest absolute Gasteiger partial charge is 0.467 e. The SMILES string of the molecule is CC[C@H](NC(=O)c1ccc[nH]1)C(=O)N[C@@H](CO)C(=O)N[C@@H](Cc1ccccc1)C(=O)N[C@@H](CC)C(=O)OC. The summed E-state index contributed by atoms with van der Waals surface area (Å²) in [7, 11) is 1.21. The van der Waals surface area contributed by atoms with Gasteiger partial charge in [0.25, 0.3) is 5.91 Å². The van der Waals surface area contributed by atoms with Gasteiger partial charge in [0.05, 0.1) is 13.7 Å². The van der Waals surface area contributed by atoms with Crippen LogP contribution in [0.1, 0.15) is 42.7 Å². The summed E-state index contributed by atoms with van der Waals surface area (Å²) in [5.41, 5.74) is 1.00. The van der Waals surface area contributed by atoms with E-state index in [0.717, 1.165) is 5.56 Å². The number of hydrogen-bond donors (Lipinski definition) is 6. The van der Waals surface area contributed by atoms with Crippen molar-refractivity contribution in [2.24, 2.45) is 0 Å². The fourth-order valence-corrected chi connectivity index (χ4v) is 3.60. The van der Waals surface area contributed by atoms with Gasteiger partial charge in [0.1, 0.15) is 29.9 Å². The zero-order chi connectivity index (χ0) is 28.1. The Balaban J connectivity index is 2.12. The highest BCUT2D eigenvalue weighted by atomic mass is 16.5. The van der Waals surface area contributed by atoms with Crippen LogP contribution < -0.4 is 21.3 Å². The summed E-state index contributed by atoms with van der Waals surface area (Å²) < 4.78 is 4.71. The van der Waals surface area contributed by atoms with Crippen molar-refractivity contribution in [3.63, 3.8) is 0 Å². The first-order chi connectivity index (χ1) is 18.2. The van der Waals surface area contributed by atoms with Crippen molar-refractivity contribution in [2.45, 2.75) is 57.3 Å². The lowest BCUT2D eigenvalue weighted by molar-refractivity contribution is -0.145. The zero-order valence-corrected chi connectivity index (χ0v) is 21.7. The van der Waals surface area contributed by atoms with Crippen molar-refractivity contribution in [3.05, 3.63) is 59.9 Å². The molecule has 0 saturated carbocycles. The number of aromatic amines is 1. The van der Waals surface area contributed by atoms with Gasteiger partial charge < -0.3 is 36.1 Å². The molecule has 12 nitrogen and oxygen atoms in total. The second-order valence-electron chi connectivity index (χ2n) is 8.51. The Morgan fingerprint density at radius 2 is 1.37 bits per heavy atom. The van der Waals surface area contributed by atoms with E-state index in [-0.39, 0.29) is 25.0 Å². The summed E-state index contributed by atoms with van der Waals surface area (Å²) in [5, 5.41) is 20.0. The summed E-state index contributed by atoms with van der Waals surface area (Å²) in [4.78, 5) is 65.9. The second kappa shape index (κ2) is 15.2. The number of H-pyrrole nitrogens is 1. The van der Waals surface area contributed by atoms with Gasteiger partial charge in [-0.2, -0.15) is 0 Å². The van der Waals surface area contributed by atoms with Gasteiger partial charge in [0.15, 0.2) is 0 Å². The van der Waals surface area contributed by atoms with Crippen molar-refractivity contribution >= 4 is 29.6 Å². The number of rotatable bonds is 14. The standard InChI is InChI=1S/C26H35N5O7/c1-4-17(28-23(34)19-12-9-13-27-19)22(33)31-21(15-32)25(36)30-20(14-16-10-7-6-8-11-16)24(35)29-18(5-2)26(37)38-3/h6-13,17-18,20-21,27,32H,4-5,14-15H2,1-3H3,(H,28,34)(H,29,35)(H,30,36)(H,31,33)/t17-,18-,20-,21-/m0/s1. The van der Waals surface area contributed by atoms with Crippen LogP contribution >= 0.6 is 0 Å². The molecule has 1 aromatic carbocycles. The Morgan fingerprint density at radius 3 is 1.92 bits per heavy atom. The van der Waals surface area contributed by atoms with Crippen LogP contribution in [0, 0.1) is 0 Å². The van der Waals surface area contributed by atoms with Gasteiger partial charge in [-0.05, 0) is 30.5 Å². The molecule has 0 unspecified atom stereocenters. The number of amides is 4. The summed E-state index contributed by atoms with van der Waals surface area (Å²) >= 11 is 0. The monoisotopic (exact) mass is 529 g/mol. The molecule has 0 spiro atoms. The Morgan fingerprint density at radius 1 is 0.789 bits per heavy atom. The summed E-state index contributed by atoms with van der Waals surface area (Å²) in [6.07, 6.45) is 2.15. The number of aliphatic hydroxyl groups is 1. The average Bonchev–Trinajstić information content (AvgIpc) is 3.48. The van der Waals surface area contributed by atoms with Crippen LogP contribution in [-0.4, -0.2) is 77.6 Å². The van der Waals surface area contributed by atoms with E-state index in [0.29, 0.717) is 0 Å². The number of ether oxygens (including phenoxy) is 1. The second-order valence-corrected chi connectivity index (χ2v) is 8.51. The Hall–Kier alpha value is -4.19. The predicted octanol–water partition coefficient (Wildman–Crippen LogP) is -0.204. The number of aliphatic hydroxyl groups excluding tert-OH is 1. The summed E-state index contributed by atoms with van der Waals surface area (Å²) in [5.74, 6) is -3.25. The number of aromatic nitrogens is 1. The maximum Gasteiger partial charge on any atom is 0.328 e. The third-order valence-electron chi connectivity index (χ3n) is 5.81. The lowest BCUT2D eigenvalue weighted by Gasteiger charge is -2.25. The summed E-state index contributed by atoms with van der Waals surface area (Å²) in [6.45, 7) is 2.62.